The van der Waals surface area contributed by atoms with Crippen LogP contribution in [0.4, 0.5) is 0 Å². The third-order valence-corrected chi connectivity index (χ3v) is 13.7. The molecule has 7 aliphatic rings. The van der Waals surface area contributed by atoms with Crippen LogP contribution in [0.2, 0.25) is 0 Å². The summed E-state index contributed by atoms with van der Waals surface area (Å²) in [5.74, 6) is 7.15. The highest BCUT2D eigenvalue weighted by atomic mass is 16.6. The van der Waals surface area contributed by atoms with E-state index in [1.807, 2.05) is 55.1 Å². The minimum atomic E-state index is -1.24. The summed E-state index contributed by atoms with van der Waals surface area (Å²) in [5.41, 5.74) is 2.32. The number of nitrogens with zero attached hydrogens (tertiary/aromatic N) is 2. The molecular formula is C47H52N2O7. The molecule has 4 saturated heterocycles. The molecule has 0 bridgehead atoms. The largest absolute Gasteiger partial charge is 0.444 e. The second-order valence-electron chi connectivity index (χ2n) is 16.3. The van der Waals surface area contributed by atoms with Gasteiger partial charge in [0.15, 0.2) is 11.2 Å². The van der Waals surface area contributed by atoms with Crippen LogP contribution in [0.5, 0.6) is 0 Å². The number of ether oxygens (including phenoxy) is 1. The molecule has 2 aromatic carbocycles. The molecule has 1 N–H and O–H groups in total. The summed E-state index contributed by atoms with van der Waals surface area (Å²) < 4.78 is 6.19. The van der Waals surface area contributed by atoms with Crippen molar-refractivity contribution >= 4 is 36.1 Å². The van der Waals surface area contributed by atoms with Gasteiger partial charge in [0.05, 0.1) is 11.1 Å². The average Bonchev–Trinajstić information content (AvgIpc) is 3.86. The number of rotatable bonds is 2. The molecule has 5 aliphatic heterocycles. The van der Waals surface area contributed by atoms with Crippen molar-refractivity contribution in [3.8, 4) is 11.8 Å². The highest BCUT2D eigenvalue weighted by molar-refractivity contribution is 5.90. The Kier molecular flexibility index (Phi) is 11.1. The highest BCUT2D eigenvalue weighted by Gasteiger charge is 2.72. The fourth-order valence-electron chi connectivity index (χ4n) is 11.6. The van der Waals surface area contributed by atoms with Crippen molar-refractivity contribution in [3.05, 3.63) is 94.6 Å². The van der Waals surface area contributed by atoms with E-state index in [1.54, 1.807) is 6.08 Å². The monoisotopic (exact) mass is 756 g/mol. The van der Waals surface area contributed by atoms with E-state index in [0.717, 1.165) is 105 Å². The van der Waals surface area contributed by atoms with Gasteiger partial charge in [0.25, 0.3) is 0 Å². The molecule has 0 radical (unpaired) electrons. The third kappa shape index (κ3) is 6.19. The number of benzene rings is 2. The van der Waals surface area contributed by atoms with E-state index in [0.29, 0.717) is 31.1 Å². The van der Waals surface area contributed by atoms with Crippen molar-refractivity contribution < 1.29 is 33.8 Å². The van der Waals surface area contributed by atoms with Crippen LogP contribution >= 0.6 is 0 Å². The van der Waals surface area contributed by atoms with Crippen molar-refractivity contribution in [2.45, 2.75) is 120 Å². The van der Waals surface area contributed by atoms with Gasteiger partial charge >= 0.3 is 12.1 Å². The summed E-state index contributed by atoms with van der Waals surface area (Å²) in [5, 5.41) is 12.0. The minimum absolute atomic E-state index is 0.189. The Bertz CT molecular complexity index is 2040. The maximum atomic E-state index is 12.8. The van der Waals surface area contributed by atoms with Gasteiger partial charge in [-0.1, -0.05) is 98.5 Å². The minimum Gasteiger partial charge on any atom is -0.444 e. The Hall–Kier alpha value is -5.03. The smallest absolute Gasteiger partial charge is 0.373 e. The molecule has 6 fully saturated rings. The third-order valence-electron chi connectivity index (χ3n) is 13.7. The first-order valence-corrected chi connectivity index (χ1v) is 20.4. The predicted molar refractivity (Wildman–Crippen MR) is 211 cm³/mol. The maximum Gasteiger partial charge on any atom is 0.373 e. The van der Waals surface area contributed by atoms with Crippen molar-refractivity contribution in [3.63, 3.8) is 0 Å². The molecule has 9 nitrogen and oxygen atoms in total. The highest BCUT2D eigenvalue weighted by Crippen LogP contribution is 2.64. The Morgan fingerprint density at radius 2 is 1.27 bits per heavy atom. The fourth-order valence-corrected chi connectivity index (χ4v) is 11.6. The number of carbonyl (C=O) groups excluding carboxylic acids is 5. The predicted octanol–water partition coefficient (Wildman–Crippen LogP) is 7.07. The lowest BCUT2D eigenvalue weighted by Gasteiger charge is -2.49. The second-order valence-corrected chi connectivity index (χ2v) is 16.3. The van der Waals surface area contributed by atoms with Crippen LogP contribution in [0.1, 0.15) is 108 Å². The molecule has 6 atom stereocenters. The van der Waals surface area contributed by atoms with Crippen LogP contribution in [0.15, 0.2) is 83.5 Å². The average molecular weight is 757 g/mol. The van der Waals surface area contributed by atoms with E-state index in [4.69, 9.17) is 14.3 Å². The van der Waals surface area contributed by atoms with E-state index in [1.165, 1.54) is 0 Å². The van der Waals surface area contributed by atoms with Crippen LogP contribution in [0.25, 0.3) is 12.2 Å². The molecule has 56 heavy (non-hydrogen) atoms. The van der Waals surface area contributed by atoms with E-state index >= 15 is 0 Å². The van der Waals surface area contributed by atoms with Gasteiger partial charge in [0.2, 0.25) is 11.8 Å². The second kappa shape index (κ2) is 15.8. The molecule has 5 heterocycles. The first-order valence-electron chi connectivity index (χ1n) is 20.4. The van der Waals surface area contributed by atoms with Gasteiger partial charge in [0, 0.05) is 38.4 Å². The zero-order valence-corrected chi connectivity index (χ0v) is 32.6. The van der Waals surface area contributed by atoms with E-state index < -0.39 is 22.3 Å². The summed E-state index contributed by atoms with van der Waals surface area (Å²) in [6.07, 6.45) is 17.7. The number of hydrogen-bond acceptors (Lipinski definition) is 7. The molecule has 0 aromatic heterocycles. The van der Waals surface area contributed by atoms with Crippen LogP contribution in [-0.4, -0.2) is 74.2 Å². The van der Waals surface area contributed by atoms with Gasteiger partial charge in [0.1, 0.15) is 0 Å². The van der Waals surface area contributed by atoms with E-state index in [-0.39, 0.29) is 23.9 Å². The van der Waals surface area contributed by atoms with Gasteiger partial charge in [-0.3, -0.25) is 9.59 Å². The summed E-state index contributed by atoms with van der Waals surface area (Å²) in [6, 6.07) is 20.4. The van der Waals surface area contributed by atoms with Gasteiger partial charge in [-0.2, -0.15) is 9.59 Å². The van der Waals surface area contributed by atoms with Crippen LogP contribution < -0.4 is 0 Å². The molecule has 2 amide bonds. The first-order chi connectivity index (χ1) is 27.1. The van der Waals surface area contributed by atoms with Gasteiger partial charge < -0.3 is 19.6 Å². The van der Waals surface area contributed by atoms with Crippen LogP contribution in [0, 0.1) is 23.7 Å². The molecule has 2 saturated carbocycles. The molecule has 9 heteroatoms. The standard InChI is InChI=1S/C23H25NO3.C23H27NO2.CO2/c1-16-13-21(26)27-23(16)19(14-17-7-3-2-4-8-17)15-18-9-5-6-12-24-20(25)10-11-22(18,23)24;1-2-3-13-23(26)20(16-18-9-5-4-6-10-18)17-19-11-7-8-15-24-21(25)12-14-22(19,23)24;2-1-3/h2-4,7-8,13-14,18H,5-6,9-12,15H2,1H3;4-6,9-10,16,19,26H,2,7-8,11-12,14-15,17H2,1H3;/b19-14+;20-16+;/t18-,22-,23+;19-,22-,23+;/m00./s1. The molecule has 0 unspecified atom stereocenters. The van der Waals surface area contributed by atoms with E-state index in [2.05, 4.69) is 53.2 Å². The zero-order chi connectivity index (χ0) is 39.6. The number of amides is 2. The topological polar surface area (TPSA) is 121 Å². The van der Waals surface area contributed by atoms with Crippen molar-refractivity contribution in [2.75, 3.05) is 13.1 Å². The summed E-state index contributed by atoms with van der Waals surface area (Å²) >= 11 is 0. The van der Waals surface area contributed by atoms with Crippen LogP contribution in [0.3, 0.4) is 0 Å². The maximum absolute atomic E-state index is 12.8. The summed E-state index contributed by atoms with van der Waals surface area (Å²) in [4.78, 5) is 58.3. The van der Waals surface area contributed by atoms with Crippen molar-refractivity contribution in [1.82, 2.24) is 9.80 Å². The lowest BCUT2D eigenvalue weighted by atomic mass is 9.70. The van der Waals surface area contributed by atoms with Crippen LogP contribution in [-0.2, 0) is 28.7 Å². The number of esters is 1. The SMILES string of the molecule is CC1=CC(=O)O[C@@]12/C(=C/c1ccccc1)C[C@@H]1CCCCN3C(=O)CC[C@@]132.CCC#C[C@@]1(O)/C(=C/c2ccccc2)C[C@@H]2CCCCN3C(=O)CC[C@@]231.O=C=O. The number of carbonyl (C=O) groups is 3. The van der Waals surface area contributed by atoms with Gasteiger partial charge in [-0.25, -0.2) is 4.79 Å². The number of hydrogen-bond donors (Lipinski definition) is 1. The molecule has 3 spiro atoms. The first kappa shape index (κ1) is 39.2. The molecule has 9 rings (SSSR count). The van der Waals surface area contributed by atoms with E-state index in [9.17, 15) is 19.5 Å². The molecule has 2 aromatic rings. The Morgan fingerprint density at radius 3 is 1.80 bits per heavy atom. The normalized spacial score (nSPS) is 34.0. The van der Waals surface area contributed by atoms with Crippen molar-refractivity contribution in [1.29, 1.82) is 0 Å². The lowest BCUT2D eigenvalue weighted by molar-refractivity contribution is -0.191. The Labute approximate surface area is 329 Å². The summed E-state index contributed by atoms with van der Waals surface area (Å²) in [7, 11) is 0. The molecule has 292 valence electrons. The molecular weight excluding hydrogens is 705 g/mol. The number of aliphatic hydroxyl groups is 1. The molecule has 2 aliphatic carbocycles. The Balaban J connectivity index is 0.000000161. The Morgan fingerprint density at radius 1 is 0.768 bits per heavy atom. The zero-order valence-electron chi connectivity index (χ0n) is 32.6. The van der Waals surface area contributed by atoms with Crippen molar-refractivity contribution in [2.24, 2.45) is 11.8 Å². The summed E-state index contributed by atoms with van der Waals surface area (Å²) in [6.45, 7) is 5.54. The lowest BCUT2D eigenvalue weighted by Crippen LogP contribution is -2.63. The van der Waals surface area contributed by atoms with Gasteiger partial charge in [-0.15, -0.1) is 5.92 Å². The quantitative estimate of drug-likeness (QED) is 0.257. The van der Waals surface area contributed by atoms with Gasteiger partial charge in [-0.05, 0) is 98.0 Å². The fraction of sp³-hybridized carbons (Fsp3) is 0.489.